The van der Waals surface area contributed by atoms with E-state index in [4.69, 9.17) is 0 Å². The van der Waals surface area contributed by atoms with Gasteiger partial charge in [-0.15, -0.1) is 0 Å². The summed E-state index contributed by atoms with van der Waals surface area (Å²) in [6, 6.07) is 11.3. The smallest absolute Gasteiger partial charge is 0.253 e. The van der Waals surface area contributed by atoms with Crippen LogP contribution in [0.1, 0.15) is 41.6 Å². The highest BCUT2D eigenvalue weighted by Gasteiger charge is 2.31. The standard InChI is InChI=1S/C19H23N3O2/c23-18(22-14-19(24)9-3-4-10-19)16-7-1-2-8-17(16)21-13-15-6-5-11-20-12-15/h1-2,5-8,11-12,21,24H,3-4,9-10,13-14H2,(H,22,23). The molecule has 0 atom stereocenters. The fraction of sp³-hybridized carbons (Fsp3) is 0.368. The Kier molecular flexibility index (Phi) is 5.11. The number of carbonyl (C=O) groups excluding carboxylic acids is 1. The molecule has 1 saturated carbocycles. The minimum atomic E-state index is -0.742. The van der Waals surface area contributed by atoms with Crippen LogP contribution in [-0.2, 0) is 6.54 Å². The van der Waals surface area contributed by atoms with E-state index in [1.165, 1.54) is 0 Å². The van der Waals surface area contributed by atoms with Crippen molar-refractivity contribution >= 4 is 11.6 Å². The van der Waals surface area contributed by atoms with Crippen molar-refractivity contribution in [2.24, 2.45) is 0 Å². The van der Waals surface area contributed by atoms with E-state index >= 15 is 0 Å². The second-order valence-corrected chi connectivity index (χ2v) is 6.37. The first-order chi connectivity index (χ1) is 11.7. The van der Waals surface area contributed by atoms with E-state index in [2.05, 4.69) is 15.6 Å². The molecular weight excluding hydrogens is 302 g/mol. The normalized spacial score (nSPS) is 15.9. The van der Waals surface area contributed by atoms with Crippen molar-refractivity contribution in [1.82, 2.24) is 10.3 Å². The van der Waals surface area contributed by atoms with Crippen molar-refractivity contribution in [2.75, 3.05) is 11.9 Å². The second-order valence-electron chi connectivity index (χ2n) is 6.37. The lowest BCUT2D eigenvalue weighted by Gasteiger charge is -2.22. The second kappa shape index (κ2) is 7.45. The lowest BCUT2D eigenvalue weighted by molar-refractivity contribution is 0.0450. The van der Waals surface area contributed by atoms with E-state index in [1.54, 1.807) is 18.5 Å². The van der Waals surface area contributed by atoms with Gasteiger partial charge in [0.15, 0.2) is 0 Å². The van der Waals surface area contributed by atoms with E-state index in [9.17, 15) is 9.90 Å². The molecular formula is C19H23N3O2. The maximum absolute atomic E-state index is 12.5. The molecule has 1 heterocycles. The van der Waals surface area contributed by atoms with Crippen molar-refractivity contribution < 1.29 is 9.90 Å². The van der Waals surface area contributed by atoms with Crippen LogP contribution in [0.5, 0.6) is 0 Å². The van der Waals surface area contributed by atoms with Crippen molar-refractivity contribution in [3.05, 3.63) is 59.9 Å². The van der Waals surface area contributed by atoms with Gasteiger partial charge in [-0.05, 0) is 36.6 Å². The van der Waals surface area contributed by atoms with E-state index in [0.717, 1.165) is 36.9 Å². The topological polar surface area (TPSA) is 74.2 Å². The Balaban J connectivity index is 1.63. The average Bonchev–Trinajstić information content (AvgIpc) is 3.06. The van der Waals surface area contributed by atoms with E-state index < -0.39 is 5.60 Å². The van der Waals surface area contributed by atoms with Crippen LogP contribution in [0.4, 0.5) is 5.69 Å². The number of carbonyl (C=O) groups is 1. The quantitative estimate of drug-likeness (QED) is 0.763. The lowest BCUT2D eigenvalue weighted by atomic mass is 10.0. The fourth-order valence-corrected chi connectivity index (χ4v) is 3.09. The van der Waals surface area contributed by atoms with Crippen LogP contribution in [0.15, 0.2) is 48.8 Å². The third kappa shape index (κ3) is 4.11. The van der Waals surface area contributed by atoms with Gasteiger partial charge in [0.1, 0.15) is 0 Å². The average molecular weight is 325 g/mol. The molecule has 3 N–H and O–H groups in total. The molecule has 5 heteroatoms. The van der Waals surface area contributed by atoms with Crippen molar-refractivity contribution in [3.63, 3.8) is 0 Å². The summed E-state index contributed by atoms with van der Waals surface area (Å²) < 4.78 is 0. The highest BCUT2D eigenvalue weighted by Crippen LogP contribution is 2.28. The summed E-state index contributed by atoms with van der Waals surface area (Å²) in [5, 5.41) is 16.5. The zero-order chi connectivity index (χ0) is 16.8. The number of aliphatic hydroxyl groups is 1. The zero-order valence-electron chi connectivity index (χ0n) is 13.7. The Morgan fingerprint density at radius 2 is 1.96 bits per heavy atom. The fourth-order valence-electron chi connectivity index (χ4n) is 3.09. The molecule has 2 aromatic rings. The number of hydrogen-bond acceptors (Lipinski definition) is 4. The molecule has 0 unspecified atom stereocenters. The van der Waals surface area contributed by atoms with Gasteiger partial charge in [-0.2, -0.15) is 0 Å². The summed E-state index contributed by atoms with van der Waals surface area (Å²) in [6.45, 7) is 0.908. The van der Waals surface area contributed by atoms with Crippen LogP contribution in [0.2, 0.25) is 0 Å². The number of anilines is 1. The summed E-state index contributed by atoms with van der Waals surface area (Å²) in [5.74, 6) is -0.162. The Labute approximate surface area is 142 Å². The van der Waals surface area contributed by atoms with E-state index in [1.807, 2.05) is 30.3 Å². The van der Waals surface area contributed by atoms with Crippen LogP contribution >= 0.6 is 0 Å². The predicted octanol–water partition coefficient (Wildman–Crippen LogP) is 2.73. The molecule has 0 saturated heterocycles. The molecule has 0 aliphatic heterocycles. The van der Waals surface area contributed by atoms with Crippen LogP contribution in [0, 0.1) is 0 Å². The molecule has 1 aromatic heterocycles. The van der Waals surface area contributed by atoms with Crippen LogP contribution in [0.25, 0.3) is 0 Å². The van der Waals surface area contributed by atoms with Gasteiger partial charge in [0.05, 0.1) is 11.2 Å². The third-order valence-corrected chi connectivity index (χ3v) is 4.49. The molecule has 1 aliphatic carbocycles. The predicted molar refractivity (Wildman–Crippen MR) is 93.8 cm³/mol. The first-order valence-electron chi connectivity index (χ1n) is 8.39. The van der Waals surface area contributed by atoms with Crippen molar-refractivity contribution in [3.8, 4) is 0 Å². The van der Waals surface area contributed by atoms with Gasteiger partial charge in [0.2, 0.25) is 0 Å². The summed E-state index contributed by atoms with van der Waals surface area (Å²) >= 11 is 0. The SMILES string of the molecule is O=C(NCC1(O)CCCC1)c1ccccc1NCc1cccnc1. The van der Waals surface area contributed by atoms with Gasteiger partial charge in [-0.25, -0.2) is 0 Å². The largest absolute Gasteiger partial charge is 0.388 e. The van der Waals surface area contributed by atoms with Crippen LogP contribution in [-0.4, -0.2) is 28.1 Å². The Morgan fingerprint density at radius 3 is 2.71 bits per heavy atom. The summed E-state index contributed by atoms with van der Waals surface area (Å²) in [6.07, 6.45) is 7.09. The molecule has 24 heavy (non-hydrogen) atoms. The first-order valence-corrected chi connectivity index (χ1v) is 8.39. The third-order valence-electron chi connectivity index (χ3n) is 4.49. The molecule has 0 bridgehead atoms. The minimum Gasteiger partial charge on any atom is -0.388 e. The number of para-hydroxylation sites is 1. The molecule has 1 amide bonds. The van der Waals surface area contributed by atoms with Crippen molar-refractivity contribution in [2.45, 2.75) is 37.8 Å². The highest BCUT2D eigenvalue weighted by atomic mass is 16.3. The zero-order valence-corrected chi connectivity index (χ0v) is 13.7. The molecule has 0 radical (unpaired) electrons. The molecule has 1 aromatic carbocycles. The number of hydrogen-bond donors (Lipinski definition) is 3. The van der Waals surface area contributed by atoms with Gasteiger partial charge in [0.25, 0.3) is 5.91 Å². The summed E-state index contributed by atoms with van der Waals surface area (Å²) in [4.78, 5) is 16.6. The summed E-state index contributed by atoms with van der Waals surface area (Å²) in [5.41, 5.74) is 1.67. The van der Waals surface area contributed by atoms with Crippen LogP contribution in [0.3, 0.4) is 0 Å². The number of nitrogens with one attached hydrogen (secondary N) is 2. The summed E-state index contributed by atoms with van der Waals surface area (Å²) in [7, 11) is 0. The number of amides is 1. The monoisotopic (exact) mass is 325 g/mol. The number of aromatic nitrogens is 1. The van der Waals surface area contributed by atoms with Crippen molar-refractivity contribution in [1.29, 1.82) is 0 Å². The maximum Gasteiger partial charge on any atom is 0.253 e. The minimum absolute atomic E-state index is 0.162. The molecule has 1 fully saturated rings. The highest BCUT2D eigenvalue weighted by molar-refractivity contribution is 5.99. The molecule has 126 valence electrons. The number of pyridine rings is 1. The molecule has 0 spiro atoms. The number of rotatable bonds is 6. The maximum atomic E-state index is 12.5. The van der Waals surface area contributed by atoms with E-state index in [-0.39, 0.29) is 5.91 Å². The Bertz CT molecular complexity index is 682. The van der Waals surface area contributed by atoms with Crippen LogP contribution < -0.4 is 10.6 Å². The molecule has 1 aliphatic rings. The Hall–Kier alpha value is -2.40. The number of benzene rings is 1. The number of nitrogens with zero attached hydrogens (tertiary/aromatic N) is 1. The van der Waals surface area contributed by atoms with Gasteiger partial charge in [0, 0.05) is 31.2 Å². The lowest BCUT2D eigenvalue weighted by Crippen LogP contribution is -2.40. The molecule has 3 rings (SSSR count). The Morgan fingerprint density at radius 1 is 1.17 bits per heavy atom. The van der Waals surface area contributed by atoms with Gasteiger partial charge in [-0.1, -0.05) is 31.0 Å². The first kappa shape index (κ1) is 16.5. The van der Waals surface area contributed by atoms with Gasteiger partial charge < -0.3 is 15.7 Å². The van der Waals surface area contributed by atoms with Gasteiger partial charge >= 0.3 is 0 Å². The van der Waals surface area contributed by atoms with Gasteiger partial charge in [-0.3, -0.25) is 9.78 Å². The van der Waals surface area contributed by atoms with E-state index in [0.29, 0.717) is 18.7 Å². The molecule has 5 nitrogen and oxygen atoms in total.